The second kappa shape index (κ2) is 14.7. The van der Waals surface area contributed by atoms with Gasteiger partial charge in [0.1, 0.15) is 5.60 Å². The van der Waals surface area contributed by atoms with Gasteiger partial charge in [-0.15, -0.1) is 23.5 Å². The normalized spacial score (nSPS) is 21.6. The summed E-state index contributed by atoms with van der Waals surface area (Å²) in [6.45, 7) is 12.9. The maximum atomic E-state index is 7.58. The van der Waals surface area contributed by atoms with Crippen LogP contribution >= 0.6 is 23.5 Å². The van der Waals surface area contributed by atoms with E-state index in [9.17, 15) is 0 Å². The summed E-state index contributed by atoms with van der Waals surface area (Å²) >= 11 is 4.24. The number of hydrogen-bond donors (Lipinski definition) is 0. The fourth-order valence-electron chi connectivity index (χ4n) is 6.84. The largest absolute Gasteiger partial charge is 0.411 e. The van der Waals surface area contributed by atoms with Gasteiger partial charge in [0.25, 0.3) is 0 Å². The van der Waals surface area contributed by atoms with Crippen molar-refractivity contribution in [1.29, 1.82) is 0 Å². The molecule has 0 aromatic heterocycles. The third-order valence-electron chi connectivity index (χ3n) is 10.4. The molecule has 6 rings (SSSR count). The van der Waals surface area contributed by atoms with Gasteiger partial charge in [-0.05, 0) is 64.7 Å². The highest BCUT2D eigenvalue weighted by atomic mass is 32.2. The maximum Gasteiger partial charge on any atom is 0.192 e. The van der Waals surface area contributed by atoms with Crippen LogP contribution in [0.5, 0.6) is 0 Å². The fraction of sp³-hybridized carbons (Fsp3) is 0.415. The highest BCUT2D eigenvalue weighted by molar-refractivity contribution is 8.18. The Kier molecular flexibility index (Phi) is 10.8. The molecule has 4 aromatic carbocycles. The quantitative estimate of drug-likeness (QED) is 0.116. The van der Waals surface area contributed by atoms with E-state index in [0.717, 1.165) is 34.6 Å². The number of hydrogen-bond acceptors (Lipinski definition) is 5. The lowest BCUT2D eigenvalue weighted by atomic mass is 9.80. The summed E-state index contributed by atoms with van der Waals surface area (Å²) in [4.78, 5) is 0. The van der Waals surface area contributed by atoms with Crippen molar-refractivity contribution in [2.45, 2.75) is 80.2 Å². The first-order chi connectivity index (χ1) is 22.6. The van der Waals surface area contributed by atoms with E-state index in [4.69, 9.17) is 13.9 Å². The Hall–Kier alpha value is -2.32. The van der Waals surface area contributed by atoms with Crippen molar-refractivity contribution in [3.8, 4) is 0 Å². The molecular formula is C41H50O3S2Si. The molecule has 0 radical (unpaired) electrons. The van der Waals surface area contributed by atoms with E-state index in [-0.39, 0.29) is 27.2 Å². The molecule has 4 aromatic rings. The molecule has 1 aliphatic heterocycles. The van der Waals surface area contributed by atoms with Crippen LogP contribution in [0.3, 0.4) is 0 Å². The summed E-state index contributed by atoms with van der Waals surface area (Å²) in [5.41, 5.74) is 3.80. The Morgan fingerprint density at radius 3 is 1.64 bits per heavy atom. The lowest BCUT2D eigenvalue weighted by molar-refractivity contribution is -0.0803. The zero-order chi connectivity index (χ0) is 33.0. The maximum absolute atomic E-state index is 7.58. The van der Waals surface area contributed by atoms with Crippen LogP contribution in [-0.2, 0) is 26.1 Å². The van der Waals surface area contributed by atoms with Crippen molar-refractivity contribution in [3.63, 3.8) is 0 Å². The van der Waals surface area contributed by atoms with Crippen molar-refractivity contribution in [2.75, 3.05) is 18.1 Å². The van der Waals surface area contributed by atoms with Crippen LogP contribution < -0.4 is 0 Å². The second-order valence-electron chi connectivity index (χ2n) is 14.4. The van der Waals surface area contributed by atoms with E-state index < -0.39 is 13.9 Å². The standard InChI is InChI=1S/C41H50O3S2Si/c1-39(2,3)47(4,5)44-37-29-40(45-27-18-28-46-40)36(38(37)42-30-32-19-10-6-11-20-32)31-43-41(33-21-12-7-13-22-33,34-23-14-8-15-24-34)35-25-16-9-17-26-35/h6-17,19-26,36-38H,18,27-31H2,1-5H3/t36-,37+,38+/m1/s1. The van der Waals surface area contributed by atoms with Gasteiger partial charge in [0, 0.05) is 5.92 Å². The first-order valence-electron chi connectivity index (χ1n) is 17.1. The number of thioether (sulfide) groups is 2. The van der Waals surface area contributed by atoms with Crippen molar-refractivity contribution >= 4 is 31.8 Å². The Labute approximate surface area is 292 Å². The number of ether oxygens (including phenoxy) is 2. The van der Waals surface area contributed by atoms with Crippen LogP contribution in [0.15, 0.2) is 121 Å². The molecule has 47 heavy (non-hydrogen) atoms. The van der Waals surface area contributed by atoms with Gasteiger partial charge in [0.05, 0.1) is 29.5 Å². The van der Waals surface area contributed by atoms with Gasteiger partial charge in [-0.2, -0.15) is 0 Å². The lowest BCUT2D eigenvalue weighted by Gasteiger charge is -2.42. The molecule has 2 fully saturated rings. The monoisotopic (exact) mass is 682 g/mol. The van der Waals surface area contributed by atoms with Crippen LogP contribution in [0.2, 0.25) is 18.1 Å². The average Bonchev–Trinajstić information content (AvgIpc) is 3.35. The predicted molar refractivity (Wildman–Crippen MR) is 203 cm³/mol. The minimum absolute atomic E-state index is 0.00544. The van der Waals surface area contributed by atoms with Crippen LogP contribution in [0.4, 0.5) is 0 Å². The third-order valence-corrected chi connectivity index (χ3v) is 18.5. The first kappa shape index (κ1) is 34.5. The van der Waals surface area contributed by atoms with E-state index >= 15 is 0 Å². The molecule has 0 bridgehead atoms. The molecule has 1 saturated carbocycles. The molecule has 248 valence electrons. The van der Waals surface area contributed by atoms with E-state index in [0.29, 0.717) is 13.2 Å². The second-order valence-corrected chi connectivity index (χ2v) is 22.3. The minimum atomic E-state index is -2.09. The van der Waals surface area contributed by atoms with Crippen molar-refractivity contribution in [2.24, 2.45) is 5.92 Å². The minimum Gasteiger partial charge on any atom is -0.411 e. The summed E-state index contributed by atoms with van der Waals surface area (Å²) in [5.74, 6) is 2.44. The lowest BCUT2D eigenvalue weighted by Crippen LogP contribution is -2.47. The van der Waals surface area contributed by atoms with Crippen LogP contribution in [-0.4, -0.2) is 42.7 Å². The topological polar surface area (TPSA) is 27.7 Å². The third kappa shape index (κ3) is 7.34. The van der Waals surface area contributed by atoms with Crippen LogP contribution in [0.25, 0.3) is 0 Å². The van der Waals surface area contributed by atoms with Crippen LogP contribution in [0.1, 0.15) is 55.9 Å². The summed E-state index contributed by atoms with van der Waals surface area (Å²) in [6, 6.07) is 42.8. The molecule has 3 atom stereocenters. The van der Waals surface area contributed by atoms with E-state index in [1.54, 1.807) is 0 Å². The van der Waals surface area contributed by atoms with Crippen molar-refractivity contribution < 1.29 is 13.9 Å². The molecule has 3 nitrogen and oxygen atoms in total. The van der Waals surface area contributed by atoms with Gasteiger partial charge >= 0.3 is 0 Å². The first-order valence-corrected chi connectivity index (χ1v) is 21.9. The highest BCUT2D eigenvalue weighted by Gasteiger charge is 2.58. The fourth-order valence-corrected chi connectivity index (χ4v) is 11.8. The molecule has 0 unspecified atom stereocenters. The zero-order valence-corrected chi connectivity index (χ0v) is 31.2. The highest BCUT2D eigenvalue weighted by Crippen LogP contribution is 2.59. The molecule has 1 spiro atoms. The Morgan fingerprint density at radius 2 is 1.17 bits per heavy atom. The summed E-state index contributed by atoms with van der Waals surface area (Å²) in [6.07, 6.45) is 2.11. The van der Waals surface area contributed by atoms with E-state index in [1.807, 2.05) is 0 Å². The van der Waals surface area contributed by atoms with Crippen molar-refractivity contribution in [1.82, 2.24) is 0 Å². The zero-order valence-electron chi connectivity index (χ0n) is 28.6. The van der Waals surface area contributed by atoms with E-state index in [2.05, 4.69) is 179 Å². The molecular weight excluding hydrogens is 633 g/mol. The predicted octanol–water partition coefficient (Wildman–Crippen LogP) is 10.6. The van der Waals surface area contributed by atoms with Crippen LogP contribution in [0, 0.1) is 5.92 Å². The summed E-state index contributed by atoms with van der Waals surface area (Å²) in [7, 11) is -2.09. The summed E-state index contributed by atoms with van der Waals surface area (Å²) < 4.78 is 22.0. The van der Waals surface area contributed by atoms with Gasteiger partial charge in [-0.1, -0.05) is 142 Å². The van der Waals surface area contributed by atoms with Gasteiger partial charge in [0.15, 0.2) is 8.32 Å². The SMILES string of the molecule is CC(C)(C)[Si](C)(C)O[C@H]1CC2(SCCCS2)[C@H](COC(c2ccccc2)(c2ccccc2)c2ccccc2)[C@@H]1OCc1ccccc1. The molecule has 1 aliphatic carbocycles. The van der Waals surface area contributed by atoms with Gasteiger partial charge < -0.3 is 13.9 Å². The Morgan fingerprint density at radius 1 is 0.702 bits per heavy atom. The van der Waals surface area contributed by atoms with Crippen molar-refractivity contribution in [3.05, 3.63) is 144 Å². The Bertz CT molecular complexity index is 1440. The molecule has 2 aliphatic rings. The van der Waals surface area contributed by atoms with Gasteiger partial charge in [0.2, 0.25) is 0 Å². The molecule has 1 heterocycles. The molecule has 0 amide bonds. The number of rotatable bonds is 11. The summed E-state index contributed by atoms with van der Waals surface area (Å²) in [5, 5.41) is 0.106. The average molecular weight is 683 g/mol. The van der Waals surface area contributed by atoms with Gasteiger partial charge in [-0.3, -0.25) is 0 Å². The van der Waals surface area contributed by atoms with Gasteiger partial charge in [-0.25, -0.2) is 0 Å². The molecule has 1 saturated heterocycles. The smallest absolute Gasteiger partial charge is 0.192 e. The van der Waals surface area contributed by atoms with E-state index in [1.165, 1.54) is 12.0 Å². The molecule has 6 heteroatoms. The molecule has 0 N–H and O–H groups in total. The Balaban J connectivity index is 1.43. The number of benzene rings is 4.